The number of hydrogen-bond donors (Lipinski definition) is 2. The molecular weight excluding hydrogens is 222 g/mol. The van der Waals surface area contributed by atoms with Gasteiger partial charge in [0.1, 0.15) is 0 Å². The van der Waals surface area contributed by atoms with E-state index in [4.69, 9.17) is 5.73 Å². The van der Waals surface area contributed by atoms with Crippen molar-refractivity contribution in [2.75, 3.05) is 31.2 Å². The minimum atomic E-state index is 0.630. The van der Waals surface area contributed by atoms with Crippen molar-refractivity contribution in [2.24, 2.45) is 0 Å². The molecule has 3 nitrogen and oxygen atoms in total. The van der Waals surface area contributed by atoms with Crippen molar-refractivity contribution >= 4 is 11.4 Å². The first kappa shape index (κ1) is 14.8. The Morgan fingerprint density at radius 1 is 1.28 bits per heavy atom. The van der Waals surface area contributed by atoms with Gasteiger partial charge in [0.2, 0.25) is 0 Å². The van der Waals surface area contributed by atoms with E-state index < -0.39 is 0 Å². The van der Waals surface area contributed by atoms with E-state index in [0.29, 0.717) is 6.04 Å². The second-order valence-corrected chi connectivity index (χ2v) is 5.30. The lowest BCUT2D eigenvalue weighted by Crippen LogP contribution is -2.27. The molecule has 0 heterocycles. The third-order valence-corrected chi connectivity index (χ3v) is 3.34. The molecule has 0 radical (unpaired) electrons. The lowest BCUT2D eigenvalue weighted by atomic mass is 10.2. The number of nitrogens with one attached hydrogen (secondary N) is 1. The van der Waals surface area contributed by atoms with E-state index in [1.165, 1.54) is 18.4 Å². The maximum Gasteiger partial charge on any atom is 0.0576 e. The second kappa shape index (κ2) is 7.27. The molecule has 1 rings (SSSR count). The van der Waals surface area contributed by atoms with Gasteiger partial charge in [-0.2, -0.15) is 0 Å². The van der Waals surface area contributed by atoms with E-state index in [1.807, 2.05) is 12.1 Å². The predicted octanol–water partition coefficient (Wildman–Crippen LogP) is 3.11. The Balaban J connectivity index is 2.24. The first-order valence-corrected chi connectivity index (χ1v) is 6.81. The number of benzene rings is 1. The van der Waals surface area contributed by atoms with Crippen molar-refractivity contribution in [3.63, 3.8) is 0 Å². The molecule has 1 aromatic rings. The maximum atomic E-state index is 5.92. The molecule has 102 valence electrons. The first-order chi connectivity index (χ1) is 8.50. The largest absolute Gasteiger partial charge is 0.397 e. The lowest BCUT2D eigenvalue weighted by Gasteiger charge is -2.20. The Morgan fingerprint density at radius 3 is 2.67 bits per heavy atom. The number of nitrogens with two attached hydrogens (primary N) is 1. The average Bonchev–Trinajstić information content (AvgIpc) is 2.32. The number of aryl methyl sites for hydroxylation is 1. The van der Waals surface area contributed by atoms with Crippen LogP contribution in [0.25, 0.3) is 0 Å². The molecule has 0 unspecified atom stereocenters. The van der Waals surface area contributed by atoms with E-state index in [9.17, 15) is 0 Å². The molecule has 0 atom stereocenters. The third kappa shape index (κ3) is 4.96. The van der Waals surface area contributed by atoms with Crippen LogP contribution in [0.2, 0.25) is 0 Å². The molecule has 0 saturated heterocycles. The molecule has 0 amide bonds. The van der Waals surface area contributed by atoms with Crippen molar-refractivity contribution in [1.82, 2.24) is 4.90 Å². The van der Waals surface area contributed by atoms with Crippen LogP contribution in [0.4, 0.5) is 11.4 Å². The maximum absolute atomic E-state index is 5.92. The first-order valence-electron chi connectivity index (χ1n) is 6.81. The monoisotopic (exact) mass is 249 g/mol. The Hall–Kier alpha value is -1.22. The fourth-order valence-electron chi connectivity index (χ4n) is 1.79. The summed E-state index contributed by atoms with van der Waals surface area (Å²) in [5, 5.41) is 3.41. The number of anilines is 2. The van der Waals surface area contributed by atoms with Gasteiger partial charge < -0.3 is 16.0 Å². The molecular formula is C15H27N3. The van der Waals surface area contributed by atoms with Gasteiger partial charge >= 0.3 is 0 Å². The van der Waals surface area contributed by atoms with Crippen molar-refractivity contribution in [2.45, 2.75) is 39.7 Å². The van der Waals surface area contributed by atoms with Crippen molar-refractivity contribution < 1.29 is 0 Å². The standard InChI is InChI=1S/C15H27N3/c1-12(2)18(4)10-6-5-9-17-15-11-13(3)7-8-14(15)16/h7-8,11-12,17H,5-6,9-10,16H2,1-4H3. The van der Waals surface area contributed by atoms with E-state index in [-0.39, 0.29) is 0 Å². The minimum Gasteiger partial charge on any atom is -0.397 e. The SMILES string of the molecule is Cc1ccc(N)c(NCCCCN(C)C(C)C)c1. The summed E-state index contributed by atoms with van der Waals surface area (Å²) in [6, 6.07) is 6.74. The zero-order valence-electron chi connectivity index (χ0n) is 12.2. The van der Waals surface area contributed by atoms with E-state index >= 15 is 0 Å². The van der Waals surface area contributed by atoms with Crippen LogP contribution in [0.1, 0.15) is 32.3 Å². The second-order valence-electron chi connectivity index (χ2n) is 5.30. The van der Waals surface area contributed by atoms with Gasteiger partial charge in [-0.15, -0.1) is 0 Å². The van der Waals surface area contributed by atoms with Gasteiger partial charge in [0.25, 0.3) is 0 Å². The quantitative estimate of drug-likeness (QED) is 0.576. The number of rotatable bonds is 7. The molecule has 0 aromatic heterocycles. The summed E-state index contributed by atoms with van der Waals surface area (Å²) in [7, 11) is 2.18. The molecule has 0 fully saturated rings. The smallest absolute Gasteiger partial charge is 0.0576 e. The number of nitrogens with zero attached hydrogens (tertiary/aromatic N) is 1. The summed E-state index contributed by atoms with van der Waals surface area (Å²) in [5.74, 6) is 0. The highest BCUT2D eigenvalue weighted by Crippen LogP contribution is 2.19. The third-order valence-electron chi connectivity index (χ3n) is 3.34. The number of unbranched alkanes of at least 4 members (excludes halogenated alkanes) is 1. The highest BCUT2D eigenvalue weighted by atomic mass is 15.1. The van der Waals surface area contributed by atoms with Crippen molar-refractivity contribution in [3.05, 3.63) is 23.8 Å². The van der Waals surface area contributed by atoms with Crippen LogP contribution in [-0.2, 0) is 0 Å². The number of nitrogen functional groups attached to an aromatic ring is 1. The highest BCUT2D eigenvalue weighted by Gasteiger charge is 2.02. The normalized spacial score (nSPS) is 11.2. The lowest BCUT2D eigenvalue weighted by molar-refractivity contribution is 0.269. The van der Waals surface area contributed by atoms with E-state index in [1.54, 1.807) is 0 Å². The van der Waals surface area contributed by atoms with Gasteiger partial charge in [0, 0.05) is 12.6 Å². The van der Waals surface area contributed by atoms with Crippen molar-refractivity contribution in [3.8, 4) is 0 Å². The fourth-order valence-corrected chi connectivity index (χ4v) is 1.79. The van der Waals surface area contributed by atoms with E-state index in [2.05, 4.69) is 44.1 Å². The Bertz CT molecular complexity index is 361. The Labute approximate surface area is 111 Å². The molecule has 3 heteroatoms. The Kier molecular flexibility index (Phi) is 5.99. The minimum absolute atomic E-state index is 0.630. The van der Waals surface area contributed by atoms with E-state index in [0.717, 1.165) is 24.5 Å². The highest BCUT2D eigenvalue weighted by molar-refractivity contribution is 5.66. The molecule has 0 aliphatic rings. The average molecular weight is 249 g/mol. The summed E-state index contributed by atoms with van der Waals surface area (Å²) < 4.78 is 0. The van der Waals surface area contributed by atoms with Gasteiger partial charge in [0.15, 0.2) is 0 Å². The molecule has 0 saturated carbocycles. The summed E-state index contributed by atoms with van der Waals surface area (Å²) >= 11 is 0. The van der Waals surface area contributed by atoms with Gasteiger partial charge in [-0.1, -0.05) is 6.07 Å². The molecule has 0 spiro atoms. The van der Waals surface area contributed by atoms with Crippen LogP contribution >= 0.6 is 0 Å². The van der Waals surface area contributed by atoms with Crippen LogP contribution in [0.15, 0.2) is 18.2 Å². The van der Waals surface area contributed by atoms with Crippen LogP contribution in [0.5, 0.6) is 0 Å². The molecule has 18 heavy (non-hydrogen) atoms. The summed E-state index contributed by atoms with van der Waals surface area (Å²) in [6.07, 6.45) is 2.39. The summed E-state index contributed by atoms with van der Waals surface area (Å²) in [4.78, 5) is 2.38. The fraction of sp³-hybridized carbons (Fsp3) is 0.600. The predicted molar refractivity (Wildman–Crippen MR) is 81.1 cm³/mol. The zero-order chi connectivity index (χ0) is 13.5. The molecule has 3 N–H and O–H groups in total. The summed E-state index contributed by atoms with van der Waals surface area (Å²) in [6.45, 7) is 8.68. The molecule has 0 aliphatic carbocycles. The van der Waals surface area contributed by atoms with Crippen LogP contribution < -0.4 is 11.1 Å². The Morgan fingerprint density at radius 2 is 2.00 bits per heavy atom. The van der Waals surface area contributed by atoms with Crippen molar-refractivity contribution in [1.29, 1.82) is 0 Å². The number of hydrogen-bond acceptors (Lipinski definition) is 3. The topological polar surface area (TPSA) is 41.3 Å². The van der Waals surface area contributed by atoms with Gasteiger partial charge in [-0.25, -0.2) is 0 Å². The molecule has 0 aliphatic heterocycles. The van der Waals surface area contributed by atoms with Gasteiger partial charge in [-0.3, -0.25) is 0 Å². The van der Waals surface area contributed by atoms with Gasteiger partial charge in [0.05, 0.1) is 11.4 Å². The molecule has 0 bridgehead atoms. The van der Waals surface area contributed by atoms with Crippen LogP contribution in [0.3, 0.4) is 0 Å². The zero-order valence-corrected chi connectivity index (χ0v) is 12.2. The molecule has 1 aromatic carbocycles. The van der Waals surface area contributed by atoms with Crippen LogP contribution in [-0.4, -0.2) is 31.1 Å². The van der Waals surface area contributed by atoms with Crippen LogP contribution in [0, 0.1) is 6.92 Å². The van der Waals surface area contributed by atoms with Gasteiger partial charge in [-0.05, 0) is 64.9 Å². The summed E-state index contributed by atoms with van der Waals surface area (Å²) in [5.41, 5.74) is 9.06.